The van der Waals surface area contributed by atoms with Crippen molar-refractivity contribution in [3.05, 3.63) is 34.5 Å². The Hall–Kier alpha value is -0.930. The van der Waals surface area contributed by atoms with Crippen molar-refractivity contribution in [2.45, 2.75) is 26.3 Å². The summed E-state index contributed by atoms with van der Waals surface area (Å²) >= 11 is 1.49. The summed E-state index contributed by atoms with van der Waals surface area (Å²) in [4.78, 5) is 1.12. The van der Waals surface area contributed by atoms with Crippen LogP contribution in [0.25, 0.3) is 10.1 Å². The number of benzene rings is 1. The predicted molar refractivity (Wildman–Crippen MR) is 63.7 cm³/mol. The molecule has 0 bridgehead atoms. The third-order valence-electron chi connectivity index (χ3n) is 2.54. The van der Waals surface area contributed by atoms with Crippen molar-refractivity contribution in [2.75, 3.05) is 0 Å². The molecule has 0 fully saturated rings. The second-order valence-electron chi connectivity index (χ2n) is 3.57. The summed E-state index contributed by atoms with van der Waals surface area (Å²) in [6.45, 7) is 2.64. The molecule has 2 aromatic rings. The van der Waals surface area contributed by atoms with Crippen LogP contribution in [0.5, 0.6) is 0 Å². The van der Waals surface area contributed by atoms with Gasteiger partial charge in [-0.25, -0.2) is 4.39 Å². The van der Waals surface area contributed by atoms with Crippen molar-refractivity contribution in [3.63, 3.8) is 0 Å². The summed E-state index contributed by atoms with van der Waals surface area (Å²) in [5.41, 5.74) is 6.92. The van der Waals surface area contributed by atoms with E-state index in [1.165, 1.54) is 23.0 Å². The van der Waals surface area contributed by atoms with Crippen molar-refractivity contribution in [2.24, 2.45) is 5.73 Å². The average Bonchev–Trinajstić information content (AvgIpc) is 2.59. The van der Waals surface area contributed by atoms with Gasteiger partial charge in [0, 0.05) is 11.4 Å². The van der Waals surface area contributed by atoms with E-state index in [1.54, 1.807) is 6.07 Å². The van der Waals surface area contributed by atoms with Gasteiger partial charge in [0.1, 0.15) is 5.82 Å². The van der Waals surface area contributed by atoms with E-state index >= 15 is 0 Å². The standard InChI is InChI=1S/C12H14FNS/c1-2-4-8-9-5-3-6-10(13)12(9)15-11(8)7-14/h3,5-6H,2,4,7,14H2,1H3. The Balaban J connectivity index is 2.68. The van der Waals surface area contributed by atoms with Gasteiger partial charge in [-0.2, -0.15) is 0 Å². The molecule has 0 aliphatic rings. The Morgan fingerprint density at radius 3 is 2.87 bits per heavy atom. The summed E-state index contributed by atoms with van der Waals surface area (Å²) in [6, 6.07) is 5.26. The highest BCUT2D eigenvalue weighted by Gasteiger charge is 2.12. The van der Waals surface area contributed by atoms with Crippen molar-refractivity contribution in [1.82, 2.24) is 0 Å². The van der Waals surface area contributed by atoms with Crippen LogP contribution in [0, 0.1) is 5.82 Å². The zero-order valence-electron chi connectivity index (χ0n) is 8.72. The summed E-state index contributed by atoms with van der Waals surface area (Å²) in [5, 5.41) is 1.04. The number of aryl methyl sites for hydroxylation is 1. The van der Waals surface area contributed by atoms with E-state index in [2.05, 4.69) is 6.92 Å². The smallest absolute Gasteiger partial charge is 0.141 e. The summed E-state index contributed by atoms with van der Waals surface area (Å²) in [5.74, 6) is -0.130. The molecular formula is C12H14FNS. The third kappa shape index (κ3) is 1.77. The van der Waals surface area contributed by atoms with Gasteiger partial charge >= 0.3 is 0 Å². The Kier molecular flexibility index (Phi) is 3.03. The molecule has 0 radical (unpaired) electrons. The van der Waals surface area contributed by atoms with Crippen molar-refractivity contribution in [3.8, 4) is 0 Å². The van der Waals surface area contributed by atoms with Gasteiger partial charge in [0.15, 0.2) is 0 Å². The SMILES string of the molecule is CCCc1c(CN)sc2c(F)cccc12. The summed E-state index contributed by atoms with van der Waals surface area (Å²) < 4.78 is 14.3. The number of nitrogens with two attached hydrogens (primary N) is 1. The number of hydrogen-bond acceptors (Lipinski definition) is 2. The fourth-order valence-electron chi connectivity index (χ4n) is 1.87. The van der Waals surface area contributed by atoms with Gasteiger partial charge in [-0.05, 0) is 23.4 Å². The van der Waals surface area contributed by atoms with Gasteiger partial charge < -0.3 is 5.73 Å². The van der Waals surface area contributed by atoms with E-state index in [1.807, 2.05) is 6.07 Å². The zero-order valence-corrected chi connectivity index (χ0v) is 9.53. The van der Waals surface area contributed by atoms with Gasteiger partial charge in [-0.1, -0.05) is 25.5 Å². The van der Waals surface area contributed by atoms with E-state index in [4.69, 9.17) is 5.73 Å². The molecule has 1 heterocycles. The van der Waals surface area contributed by atoms with Gasteiger partial charge in [0.05, 0.1) is 4.70 Å². The molecule has 1 aromatic carbocycles. The van der Waals surface area contributed by atoms with Crippen LogP contribution >= 0.6 is 11.3 Å². The Bertz CT molecular complexity index is 476. The first-order valence-corrected chi connectivity index (χ1v) is 5.98. The van der Waals surface area contributed by atoms with Crippen LogP contribution in [-0.2, 0) is 13.0 Å². The van der Waals surface area contributed by atoms with E-state index in [-0.39, 0.29) is 5.82 Å². The highest BCUT2D eigenvalue weighted by molar-refractivity contribution is 7.19. The summed E-state index contributed by atoms with van der Waals surface area (Å²) in [7, 11) is 0. The van der Waals surface area contributed by atoms with E-state index < -0.39 is 0 Å². The number of hydrogen-bond donors (Lipinski definition) is 1. The molecule has 3 heteroatoms. The first kappa shape index (κ1) is 10.6. The second kappa shape index (κ2) is 4.29. The normalized spacial score (nSPS) is 11.1. The Morgan fingerprint density at radius 2 is 2.20 bits per heavy atom. The fourth-order valence-corrected chi connectivity index (χ4v) is 3.01. The van der Waals surface area contributed by atoms with Crippen LogP contribution in [0.2, 0.25) is 0 Å². The van der Waals surface area contributed by atoms with Crippen molar-refractivity contribution >= 4 is 21.4 Å². The Morgan fingerprint density at radius 1 is 1.40 bits per heavy atom. The molecule has 0 saturated carbocycles. The minimum Gasteiger partial charge on any atom is -0.326 e. The van der Waals surface area contributed by atoms with Gasteiger partial charge in [-0.3, -0.25) is 0 Å². The predicted octanol–water partition coefficient (Wildman–Crippen LogP) is 3.45. The lowest BCUT2D eigenvalue weighted by Gasteiger charge is -1.99. The molecule has 2 rings (SSSR count). The van der Waals surface area contributed by atoms with Crippen molar-refractivity contribution in [1.29, 1.82) is 0 Å². The fraction of sp³-hybridized carbons (Fsp3) is 0.333. The topological polar surface area (TPSA) is 26.0 Å². The number of fused-ring (bicyclic) bond motifs is 1. The minimum atomic E-state index is -0.130. The first-order valence-electron chi connectivity index (χ1n) is 5.16. The lowest BCUT2D eigenvalue weighted by molar-refractivity contribution is 0.641. The third-order valence-corrected chi connectivity index (χ3v) is 3.82. The molecule has 0 atom stereocenters. The van der Waals surface area contributed by atoms with E-state index in [0.717, 1.165) is 27.8 Å². The van der Waals surface area contributed by atoms with Crippen LogP contribution in [0.4, 0.5) is 4.39 Å². The van der Waals surface area contributed by atoms with Crippen LogP contribution in [-0.4, -0.2) is 0 Å². The molecule has 0 spiro atoms. The van der Waals surface area contributed by atoms with Crippen LogP contribution in [0.3, 0.4) is 0 Å². The van der Waals surface area contributed by atoms with E-state index in [9.17, 15) is 4.39 Å². The minimum absolute atomic E-state index is 0.130. The highest BCUT2D eigenvalue weighted by atomic mass is 32.1. The zero-order chi connectivity index (χ0) is 10.8. The molecule has 0 unspecified atom stereocenters. The quantitative estimate of drug-likeness (QED) is 0.847. The highest BCUT2D eigenvalue weighted by Crippen LogP contribution is 2.33. The molecular weight excluding hydrogens is 209 g/mol. The molecule has 0 amide bonds. The van der Waals surface area contributed by atoms with Gasteiger partial charge in [0.25, 0.3) is 0 Å². The largest absolute Gasteiger partial charge is 0.326 e. The first-order chi connectivity index (χ1) is 7.27. The van der Waals surface area contributed by atoms with Crippen LogP contribution < -0.4 is 5.73 Å². The molecule has 0 aliphatic heterocycles. The molecule has 15 heavy (non-hydrogen) atoms. The van der Waals surface area contributed by atoms with Crippen LogP contribution in [0.15, 0.2) is 18.2 Å². The molecule has 1 aromatic heterocycles. The van der Waals surface area contributed by atoms with E-state index in [0.29, 0.717) is 6.54 Å². The molecule has 0 aliphatic carbocycles. The van der Waals surface area contributed by atoms with Gasteiger partial charge in [0.2, 0.25) is 0 Å². The lowest BCUT2D eigenvalue weighted by atomic mass is 10.1. The molecule has 0 saturated heterocycles. The second-order valence-corrected chi connectivity index (χ2v) is 4.68. The lowest BCUT2D eigenvalue weighted by Crippen LogP contribution is -1.97. The van der Waals surface area contributed by atoms with Crippen molar-refractivity contribution < 1.29 is 4.39 Å². The monoisotopic (exact) mass is 223 g/mol. The maximum atomic E-state index is 13.5. The average molecular weight is 223 g/mol. The molecule has 80 valence electrons. The van der Waals surface area contributed by atoms with Crippen LogP contribution in [0.1, 0.15) is 23.8 Å². The maximum absolute atomic E-state index is 13.5. The van der Waals surface area contributed by atoms with Gasteiger partial charge in [-0.15, -0.1) is 11.3 Å². The maximum Gasteiger partial charge on any atom is 0.141 e. The number of thiophene rings is 1. The molecule has 2 N–H and O–H groups in total. The summed E-state index contributed by atoms with van der Waals surface area (Å²) in [6.07, 6.45) is 2.05. The number of rotatable bonds is 3. The molecule has 1 nitrogen and oxygen atoms in total. The Labute approximate surface area is 92.7 Å². The number of halogens is 1.